The second-order valence-corrected chi connectivity index (χ2v) is 7.08. The predicted octanol–water partition coefficient (Wildman–Crippen LogP) is 0.0526. The van der Waals surface area contributed by atoms with Gasteiger partial charge in [-0.05, 0) is 38.0 Å². The SMILES string of the molecule is O=C(O)CN(CC1CC1)C1CC(NC(=O)CN2CCCC2=O)C1. The molecule has 1 saturated heterocycles. The summed E-state index contributed by atoms with van der Waals surface area (Å²) in [6, 6.07) is 0.367. The molecule has 128 valence electrons. The minimum atomic E-state index is -0.786. The van der Waals surface area contributed by atoms with Crippen LogP contribution < -0.4 is 5.32 Å². The summed E-state index contributed by atoms with van der Waals surface area (Å²) < 4.78 is 0. The highest BCUT2D eigenvalue weighted by molar-refractivity contribution is 5.86. The molecule has 0 spiro atoms. The number of rotatable bonds is 8. The Balaban J connectivity index is 1.39. The molecule has 0 unspecified atom stereocenters. The van der Waals surface area contributed by atoms with Crippen molar-refractivity contribution in [2.24, 2.45) is 5.92 Å². The van der Waals surface area contributed by atoms with Crippen LogP contribution in [0.25, 0.3) is 0 Å². The van der Waals surface area contributed by atoms with Crippen LogP contribution in [0.4, 0.5) is 0 Å². The first kappa shape index (κ1) is 16.2. The summed E-state index contributed by atoms with van der Waals surface area (Å²) in [6.07, 6.45) is 5.39. The van der Waals surface area contributed by atoms with Gasteiger partial charge in [-0.3, -0.25) is 19.3 Å². The zero-order chi connectivity index (χ0) is 16.4. The quantitative estimate of drug-likeness (QED) is 0.659. The molecule has 2 aliphatic carbocycles. The normalized spacial score (nSPS) is 27.2. The van der Waals surface area contributed by atoms with Crippen molar-refractivity contribution in [1.82, 2.24) is 15.1 Å². The van der Waals surface area contributed by atoms with E-state index in [0.29, 0.717) is 18.9 Å². The van der Waals surface area contributed by atoms with Crippen LogP contribution in [0.3, 0.4) is 0 Å². The first-order valence-electron chi connectivity index (χ1n) is 8.54. The summed E-state index contributed by atoms with van der Waals surface area (Å²) in [7, 11) is 0. The van der Waals surface area contributed by atoms with E-state index in [0.717, 1.165) is 25.8 Å². The molecule has 0 aromatic carbocycles. The molecule has 7 nitrogen and oxygen atoms in total. The first-order chi connectivity index (χ1) is 11.0. The van der Waals surface area contributed by atoms with Crippen LogP contribution in [0.5, 0.6) is 0 Å². The van der Waals surface area contributed by atoms with Gasteiger partial charge in [-0.1, -0.05) is 0 Å². The van der Waals surface area contributed by atoms with Gasteiger partial charge in [0.25, 0.3) is 0 Å². The van der Waals surface area contributed by atoms with Gasteiger partial charge >= 0.3 is 5.97 Å². The fourth-order valence-corrected chi connectivity index (χ4v) is 3.47. The average molecular weight is 323 g/mol. The highest BCUT2D eigenvalue weighted by Gasteiger charge is 2.38. The molecule has 0 aromatic heterocycles. The number of carbonyl (C=O) groups excluding carboxylic acids is 2. The summed E-state index contributed by atoms with van der Waals surface area (Å²) in [5.74, 6) is -0.172. The number of hydrogen-bond acceptors (Lipinski definition) is 4. The third kappa shape index (κ3) is 4.43. The maximum absolute atomic E-state index is 12.0. The molecule has 1 aliphatic heterocycles. The molecule has 1 heterocycles. The Kier molecular flexibility index (Phi) is 4.84. The third-order valence-electron chi connectivity index (χ3n) is 5.03. The maximum atomic E-state index is 12.0. The third-order valence-corrected chi connectivity index (χ3v) is 5.03. The van der Waals surface area contributed by atoms with Crippen LogP contribution in [0.15, 0.2) is 0 Å². The van der Waals surface area contributed by atoms with E-state index in [9.17, 15) is 14.4 Å². The summed E-state index contributed by atoms with van der Waals surface area (Å²) in [5, 5.41) is 12.0. The molecule has 3 aliphatic rings. The van der Waals surface area contributed by atoms with Gasteiger partial charge in [0.05, 0.1) is 13.1 Å². The van der Waals surface area contributed by atoms with Gasteiger partial charge in [-0.2, -0.15) is 0 Å². The lowest BCUT2D eigenvalue weighted by atomic mass is 9.85. The molecule has 0 bridgehead atoms. The van der Waals surface area contributed by atoms with Crippen LogP contribution in [-0.2, 0) is 14.4 Å². The molecule has 2 amide bonds. The molecule has 3 rings (SSSR count). The molecule has 0 aromatic rings. The minimum absolute atomic E-state index is 0.0590. The topological polar surface area (TPSA) is 89.9 Å². The molecule has 2 N–H and O–H groups in total. The lowest BCUT2D eigenvalue weighted by molar-refractivity contribution is -0.140. The van der Waals surface area contributed by atoms with E-state index in [4.69, 9.17) is 5.11 Å². The highest BCUT2D eigenvalue weighted by Crippen LogP contribution is 2.33. The molecule has 0 atom stereocenters. The van der Waals surface area contributed by atoms with Gasteiger partial charge < -0.3 is 15.3 Å². The van der Waals surface area contributed by atoms with Crippen LogP contribution in [0.1, 0.15) is 38.5 Å². The highest BCUT2D eigenvalue weighted by atomic mass is 16.4. The number of carbonyl (C=O) groups is 3. The summed E-state index contributed by atoms with van der Waals surface area (Å²) in [5.41, 5.74) is 0. The largest absolute Gasteiger partial charge is 0.480 e. The van der Waals surface area contributed by atoms with Crippen molar-refractivity contribution in [3.05, 3.63) is 0 Å². The van der Waals surface area contributed by atoms with Gasteiger partial charge in [0.15, 0.2) is 0 Å². The second kappa shape index (κ2) is 6.86. The summed E-state index contributed by atoms with van der Waals surface area (Å²) in [4.78, 5) is 38.1. The molecular formula is C16H25N3O4. The van der Waals surface area contributed by atoms with Crippen molar-refractivity contribution in [1.29, 1.82) is 0 Å². The van der Waals surface area contributed by atoms with Crippen molar-refractivity contribution in [3.63, 3.8) is 0 Å². The van der Waals surface area contributed by atoms with Crippen molar-refractivity contribution >= 4 is 17.8 Å². The van der Waals surface area contributed by atoms with E-state index in [1.807, 2.05) is 4.90 Å². The van der Waals surface area contributed by atoms with Crippen LogP contribution in [-0.4, -0.2) is 71.0 Å². The fourth-order valence-electron chi connectivity index (χ4n) is 3.47. The van der Waals surface area contributed by atoms with Crippen molar-refractivity contribution in [3.8, 4) is 0 Å². The molecule has 2 saturated carbocycles. The first-order valence-corrected chi connectivity index (χ1v) is 8.54. The van der Waals surface area contributed by atoms with Crippen molar-refractivity contribution in [2.45, 2.75) is 50.6 Å². The molecule has 0 radical (unpaired) electrons. The van der Waals surface area contributed by atoms with E-state index >= 15 is 0 Å². The fraction of sp³-hybridized carbons (Fsp3) is 0.812. The number of nitrogens with one attached hydrogen (secondary N) is 1. The predicted molar refractivity (Wildman–Crippen MR) is 82.7 cm³/mol. The maximum Gasteiger partial charge on any atom is 0.317 e. The molecular weight excluding hydrogens is 298 g/mol. The average Bonchev–Trinajstić information content (AvgIpc) is 3.16. The molecule has 23 heavy (non-hydrogen) atoms. The van der Waals surface area contributed by atoms with E-state index in [-0.39, 0.29) is 37.0 Å². The van der Waals surface area contributed by atoms with Gasteiger partial charge in [0.1, 0.15) is 0 Å². The number of carboxylic acids is 1. The number of carboxylic acid groups (broad SMARTS) is 1. The van der Waals surface area contributed by atoms with E-state index < -0.39 is 5.97 Å². The number of likely N-dealkylation sites (tertiary alicyclic amines) is 1. The summed E-state index contributed by atoms with van der Waals surface area (Å²) >= 11 is 0. The van der Waals surface area contributed by atoms with E-state index in [2.05, 4.69) is 5.32 Å². The van der Waals surface area contributed by atoms with E-state index in [1.54, 1.807) is 4.90 Å². The Morgan fingerprint density at radius 1 is 1.30 bits per heavy atom. The Morgan fingerprint density at radius 2 is 2.04 bits per heavy atom. The monoisotopic (exact) mass is 323 g/mol. The lowest BCUT2D eigenvalue weighted by Gasteiger charge is -2.42. The van der Waals surface area contributed by atoms with Crippen molar-refractivity contribution < 1.29 is 19.5 Å². The Hall–Kier alpha value is -1.63. The van der Waals surface area contributed by atoms with Crippen LogP contribution in [0, 0.1) is 5.92 Å². The molecule has 3 fully saturated rings. The smallest absolute Gasteiger partial charge is 0.317 e. The number of aliphatic carboxylic acids is 1. The minimum Gasteiger partial charge on any atom is -0.480 e. The zero-order valence-electron chi connectivity index (χ0n) is 13.4. The molecule has 7 heteroatoms. The number of amides is 2. The van der Waals surface area contributed by atoms with Crippen LogP contribution in [0.2, 0.25) is 0 Å². The Bertz CT molecular complexity index is 486. The summed E-state index contributed by atoms with van der Waals surface area (Å²) in [6.45, 7) is 1.78. The van der Waals surface area contributed by atoms with Crippen LogP contribution >= 0.6 is 0 Å². The zero-order valence-corrected chi connectivity index (χ0v) is 13.4. The second-order valence-electron chi connectivity index (χ2n) is 7.08. The van der Waals surface area contributed by atoms with Gasteiger partial charge in [-0.15, -0.1) is 0 Å². The van der Waals surface area contributed by atoms with Gasteiger partial charge in [-0.25, -0.2) is 0 Å². The Morgan fingerprint density at radius 3 is 2.61 bits per heavy atom. The number of nitrogens with zero attached hydrogens (tertiary/aromatic N) is 2. The lowest BCUT2D eigenvalue weighted by Crippen LogP contribution is -2.56. The number of hydrogen-bond donors (Lipinski definition) is 2. The standard InChI is InChI=1S/C16H25N3O4/c20-14(9-18-5-1-2-15(18)21)17-12-6-13(7-12)19(10-16(22)23)8-11-3-4-11/h11-13H,1-10H2,(H,17,20)(H,22,23). The van der Waals surface area contributed by atoms with Crippen molar-refractivity contribution in [2.75, 3.05) is 26.2 Å². The van der Waals surface area contributed by atoms with E-state index in [1.165, 1.54) is 12.8 Å². The van der Waals surface area contributed by atoms with Gasteiger partial charge in [0, 0.05) is 31.6 Å². The van der Waals surface area contributed by atoms with Gasteiger partial charge in [0.2, 0.25) is 11.8 Å². The Labute approximate surface area is 136 Å².